The van der Waals surface area contributed by atoms with E-state index in [-0.39, 0.29) is 77.4 Å². The van der Waals surface area contributed by atoms with Crippen molar-refractivity contribution in [1.82, 2.24) is 0 Å². The van der Waals surface area contributed by atoms with Crippen LogP contribution in [0.2, 0.25) is 0 Å². The summed E-state index contributed by atoms with van der Waals surface area (Å²) in [6.07, 6.45) is 3.37. The van der Waals surface area contributed by atoms with Crippen LogP contribution >= 0.6 is 11.8 Å². The first-order valence-corrected chi connectivity index (χ1v) is 10.1. The molecule has 0 saturated heterocycles. The van der Waals surface area contributed by atoms with E-state index in [0.29, 0.717) is 0 Å². The number of rotatable bonds is 7. The minimum Gasteiger partial charge on any atom is -0.545 e. The molecule has 1 aliphatic rings. The summed E-state index contributed by atoms with van der Waals surface area (Å²) in [5.41, 5.74) is -5.37. The number of hydrogen-bond donors (Lipinski definition) is 0. The number of carbonyl (C=O) groups is 2. The van der Waals surface area contributed by atoms with Crippen LogP contribution in [0.3, 0.4) is 0 Å². The van der Waals surface area contributed by atoms with E-state index in [2.05, 4.69) is 25.2 Å². The van der Waals surface area contributed by atoms with Gasteiger partial charge in [0.1, 0.15) is 0 Å². The Bertz CT molecular complexity index is 778. The molecule has 7 nitrogen and oxygen atoms in total. The summed E-state index contributed by atoms with van der Waals surface area (Å²) in [6.45, 7) is 18.5. The maximum absolute atomic E-state index is 12.4. The first-order chi connectivity index (χ1) is 15.6. The summed E-state index contributed by atoms with van der Waals surface area (Å²) in [4.78, 5) is 51.1. The Hall–Kier alpha value is -2.48. The van der Waals surface area contributed by atoms with Crippen LogP contribution in [0.15, 0.2) is 29.2 Å². The first-order valence-electron chi connectivity index (χ1n) is 9.27. The Labute approximate surface area is 218 Å². The van der Waals surface area contributed by atoms with Crippen molar-refractivity contribution >= 4 is 43.9 Å². The molecule has 1 fully saturated rings. The van der Waals surface area contributed by atoms with Crippen molar-refractivity contribution in [2.75, 3.05) is 6.61 Å². The van der Waals surface area contributed by atoms with E-state index in [1.54, 1.807) is 0 Å². The van der Waals surface area contributed by atoms with Crippen LogP contribution in [-0.4, -0.2) is 49.8 Å². The van der Waals surface area contributed by atoms with Crippen molar-refractivity contribution in [3.8, 4) is 0 Å². The molecule has 0 spiro atoms. The largest absolute Gasteiger partial charge is 0.545 e. The molecular weight excluding hydrogens is 530 g/mol. The average Bonchev–Trinajstić information content (AvgIpc) is 3.36. The number of ether oxygens (including phenoxy) is 1. The van der Waals surface area contributed by atoms with Gasteiger partial charge in [-0.2, -0.15) is 13.2 Å². The predicted molar refractivity (Wildman–Crippen MR) is 122 cm³/mol. The molecule has 0 bridgehead atoms. The van der Waals surface area contributed by atoms with E-state index in [1.165, 1.54) is 31.2 Å². The molecule has 0 heterocycles. The van der Waals surface area contributed by atoms with Crippen molar-refractivity contribution in [3.63, 3.8) is 0 Å². The Morgan fingerprint density at radius 2 is 1.51 bits per heavy atom. The number of ketones is 1. The second-order valence-corrected chi connectivity index (χ2v) is 8.01. The molecule has 197 valence electrons. The summed E-state index contributed by atoms with van der Waals surface area (Å²) in [7, 11) is 0. The zero-order valence-electron chi connectivity index (χ0n) is 19.2. The monoisotopic (exact) mass is 556 g/mol. The minimum absolute atomic E-state index is 0. The summed E-state index contributed by atoms with van der Waals surface area (Å²) in [5, 5.41) is 0. The fourth-order valence-corrected chi connectivity index (χ4v) is 3.46. The maximum atomic E-state index is 12.4. The first kappa shape index (κ1) is 39.7. The van der Waals surface area contributed by atoms with Gasteiger partial charge in [0.2, 0.25) is 0 Å². The molecule has 1 aromatic rings. The minimum atomic E-state index is -4.39. The van der Waals surface area contributed by atoms with Crippen LogP contribution in [-0.2, 0) is 41.0 Å². The zero-order valence-corrected chi connectivity index (χ0v) is 21.2. The van der Waals surface area contributed by atoms with Crippen molar-refractivity contribution in [1.29, 1.82) is 0 Å². The van der Waals surface area contributed by atoms with Crippen molar-refractivity contribution in [2.24, 2.45) is 5.92 Å². The Balaban J connectivity index is -0.000000557. The number of thioether (sulfide) groups is 1. The molecule has 12 heteroatoms. The Kier molecular flexibility index (Phi) is 23.7. The van der Waals surface area contributed by atoms with Gasteiger partial charge in [-0.3, -0.25) is 30.0 Å². The van der Waals surface area contributed by atoms with Gasteiger partial charge in [0.25, 0.3) is 5.54 Å². The second kappa shape index (κ2) is 20.9. The predicted octanol–water partition coefficient (Wildman–Crippen LogP) is 4.91. The van der Waals surface area contributed by atoms with Gasteiger partial charge in [-0.15, -0.1) is 0 Å². The summed E-state index contributed by atoms with van der Waals surface area (Å²) in [6, 6.07) is 5.07. The fraction of sp³-hybridized carbons (Fsp3) is 0.435. The fourth-order valence-electron chi connectivity index (χ4n) is 2.92. The topological polar surface area (TPSA) is 98.9 Å². The van der Waals surface area contributed by atoms with Crippen LogP contribution in [0.5, 0.6) is 0 Å². The molecular formula is C23H26F3MnNO6S-4. The van der Waals surface area contributed by atoms with E-state index in [0.717, 1.165) is 25.7 Å². The third-order valence-electron chi connectivity index (χ3n) is 4.44. The standard InChI is InChI=1S/C19H20F3NO3S.3CHO.CH3.Mn/c1-18(23-2,12-26-17(25)14-5-3-4-6-14)11-16(24)13-7-9-15(10-8-13)27-19(20,21)22;3*1-2;;/h7-10,14H,3-6,11-12H2,1H3;3*1H;1H3;/q;4*-1;. The number of esters is 1. The maximum Gasteiger partial charge on any atom is 0.446 e. The van der Waals surface area contributed by atoms with Gasteiger partial charge >= 0.3 is 11.5 Å². The normalized spacial score (nSPS) is 13.6. The van der Waals surface area contributed by atoms with Crippen molar-refractivity contribution in [3.05, 3.63) is 48.7 Å². The third kappa shape index (κ3) is 15.9. The van der Waals surface area contributed by atoms with Gasteiger partial charge in [-0.25, -0.2) is 6.57 Å². The van der Waals surface area contributed by atoms with Crippen molar-refractivity contribution in [2.45, 2.75) is 55.0 Å². The third-order valence-corrected chi connectivity index (χ3v) is 5.17. The van der Waals surface area contributed by atoms with Crippen LogP contribution in [0.4, 0.5) is 13.2 Å². The molecule has 0 N–H and O–H groups in total. The second-order valence-electron chi connectivity index (χ2n) is 6.87. The van der Waals surface area contributed by atoms with Crippen LogP contribution < -0.4 is 0 Å². The average molecular weight is 556 g/mol. The molecule has 1 atom stereocenters. The number of benzene rings is 1. The molecule has 1 radical (unpaired) electrons. The van der Waals surface area contributed by atoms with E-state index in [9.17, 15) is 22.8 Å². The zero-order chi connectivity index (χ0) is 26.1. The van der Waals surface area contributed by atoms with Crippen LogP contribution in [0, 0.1) is 19.9 Å². The number of carbonyl (C=O) groups excluding carboxylic acids is 5. The van der Waals surface area contributed by atoms with E-state index < -0.39 is 11.0 Å². The van der Waals surface area contributed by atoms with Gasteiger partial charge in [0.05, 0.1) is 12.3 Å². The number of halogens is 3. The van der Waals surface area contributed by atoms with E-state index in [1.807, 2.05) is 0 Å². The van der Waals surface area contributed by atoms with Crippen molar-refractivity contribution < 1.29 is 58.9 Å². The quantitative estimate of drug-likeness (QED) is 0.118. The summed E-state index contributed by atoms with van der Waals surface area (Å²) < 4.78 is 42.3. The molecule has 0 aliphatic heterocycles. The Morgan fingerprint density at radius 3 is 1.91 bits per heavy atom. The Morgan fingerprint density at radius 1 is 1.06 bits per heavy atom. The molecule has 0 aromatic heterocycles. The van der Waals surface area contributed by atoms with E-state index >= 15 is 0 Å². The molecule has 35 heavy (non-hydrogen) atoms. The molecule has 1 aromatic carbocycles. The number of hydrogen-bond acceptors (Lipinski definition) is 7. The summed E-state index contributed by atoms with van der Waals surface area (Å²) in [5.74, 6) is -0.841. The number of Topliss-reactive ketones (excluding diaryl/α,β-unsaturated/α-hetero) is 1. The SMILES string of the molecule is [C-]#[N+]C(C)(COC(=O)C1CCCC1)CC(=O)c1ccc(SC(F)(F)F)cc1.[CH-]=O.[CH-]=O.[CH-]=O.[CH3-].[Mn]. The molecule has 2 rings (SSSR count). The van der Waals surface area contributed by atoms with E-state index in [4.69, 9.17) is 25.7 Å². The molecule has 1 unspecified atom stereocenters. The molecule has 1 aliphatic carbocycles. The van der Waals surface area contributed by atoms with Gasteiger partial charge in [-0.05, 0) is 36.7 Å². The van der Waals surface area contributed by atoms with Gasteiger partial charge in [0.15, 0.2) is 12.4 Å². The van der Waals surface area contributed by atoms with Crippen LogP contribution in [0.1, 0.15) is 49.4 Å². The number of alkyl halides is 3. The van der Waals surface area contributed by atoms with Gasteiger partial charge in [-0.1, -0.05) is 25.0 Å². The van der Waals surface area contributed by atoms with Crippen LogP contribution in [0.25, 0.3) is 4.85 Å². The smallest absolute Gasteiger partial charge is 0.446 e. The summed E-state index contributed by atoms with van der Waals surface area (Å²) >= 11 is -0.255. The number of nitrogens with zero attached hydrogens (tertiary/aromatic N) is 1. The molecule has 1 saturated carbocycles. The van der Waals surface area contributed by atoms with Gasteiger partial charge < -0.3 is 31.4 Å². The van der Waals surface area contributed by atoms with Gasteiger partial charge in [0, 0.05) is 34.5 Å². The molecule has 0 amide bonds.